The summed E-state index contributed by atoms with van der Waals surface area (Å²) in [5.41, 5.74) is 2.80. The van der Waals surface area contributed by atoms with Crippen molar-refractivity contribution in [2.24, 2.45) is 7.05 Å². The highest BCUT2D eigenvalue weighted by Gasteiger charge is 2.25. The summed E-state index contributed by atoms with van der Waals surface area (Å²) >= 11 is 1.31. The summed E-state index contributed by atoms with van der Waals surface area (Å²) in [5.74, 6) is 1.11. The van der Waals surface area contributed by atoms with E-state index in [0.717, 1.165) is 16.9 Å². The average molecular weight is 473 g/mol. The lowest BCUT2D eigenvalue weighted by molar-refractivity contribution is -0.115. The molecule has 1 unspecified atom stereocenters. The van der Waals surface area contributed by atoms with E-state index in [1.54, 1.807) is 31.4 Å². The molecule has 0 fully saturated rings. The minimum absolute atomic E-state index is 0.0609. The first kappa shape index (κ1) is 23.3. The quantitative estimate of drug-likeness (QED) is 0.281. The summed E-state index contributed by atoms with van der Waals surface area (Å²) in [5, 5.41) is 11.7. The van der Waals surface area contributed by atoms with E-state index in [1.807, 2.05) is 66.2 Å². The van der Waals surface area contributed by atoms with Gasteiger partial charge in [-0.15, -0.1) is 10.2 Å². The monoisotopic (exact) mass is 472 g/mol. The number of aromatic nitrogens is 3. The standard InChI is InChI=1S/C26H24N4O3S/c1-17(31)19-11-7-13-21(15-19)27-25(32)23(18-9-5-4-6-10-18)34-26-29-28-24(30(26)2)20-12-8-14-22(16-20)33-3/h4-16,23H,1-3H3,(H,27,32). The van der Waals surface area contributed by atoms with Gasteiger partial charge in [0.25, 0.3) is 0 Å². The van der Waals surface area contributed by atoms with Gasteiger partial charge in [-0.25, -0.2) is 0 Å². The van der Waals surface area contributed by atoms with E-state index >= 15 is 0 Å². The van der Waals surface area contributed by atoms with Crippen LogP contribution in [-0.2, 0) is 11.8 Å². The van der Waals surface area contributed by atoms with Gasteiger partial charge in [-0.1, -0.05) is 66.4 Å². The fourth-order valence-corrected chi connectivity index (χ4v) is 4.46. The van der Waals surface area contributed by atoms with E-state index in [9.17, 15) is 9.59 Å². The van der Waals surface area contributed by atoms with E-state index < -0.39 is 5.25 Å². The van der Waals surface area contributed by atoms with Gasteiger partial charge in [0.05, 0.1) is 7.11 Å². The second-order valence-electron chi connectivity index (χ2n) is 7.63. The van der Waals surface area contributed by atoms with Crippen LogP contribution in [0, 0.1) is 0 Å². The lowest BCUT2D eigenvalue weighted by atomic mass is 10.1. The Morgan fingerprint density at radius 1 is 0.971 bits per heavy atom. The van der Waals surface area contributed by atoms with Gasteiger partial charge in [-0.05, 0) is 36.8 Å². The molecule has 4 rings (SSSR count). The molecule has 172 valence electrons. The second kappa shape index (κ2) is 10.4. The van der Waals surface area contributed by atoms with Gasteiger partial charge < -0.3 is 14.6 Å². The van der Waals surface area contributed by atoms with Crippen LogP contribution in [0.2, 0.25) is 0 Å². The van der Waals surface area contributed by atoms with Crippen molar-refractivity contribution in [2.75, 3.05) is 12.4 Å². The van der Waals surface area contributed by atoms with Crippen molar-refractivity contribution in [2.45, 2.75) is 17.3 Å². The first-order chi connectivity index (χ1) is 16.5. The Balaban J connectivity index is 1.63. The fraction of sp³-hybridized carbons (Fsp3) is 0.154. The molecule has 1 amide bonds. The maximum absolute atomic E-state index is 13.4. The largest absolute Gasteiger partial charge is 0.497 e. The number of methoxy groups -OCH3 is 1. The van der Waals surface area contributed by atoms with E-state index in [4.69, 9.17) is 4.74 Å². The molecule has 8 heteroatoms. The van der Waals surface area contributed by atoms with Crippen LogP contribution in [0.1, 0.15) is 28.1 Å². The van der Waals surface area contributed by atoms with Crippen molar-refractivity contribution in [3.8, 4) is 17.1 Å². The average Bonchev–Trinajstić information content (AvgIpc) is 3.23. The highest BCUT2D eigenvalue weighted by molar-refractivity contribution is 8.00. The topological polar surface area (TPSA) is 86.1 Å². The van der Waals surface area contributed by atoms with Gasteiger partial charge in [0, 0.05) is 23.9 Å². The molecule has 0 aliphatic rings. The number of thioether (sulfide) groups is 1. The third-order valence-electron chi connectivity index (χ3n) is 5.26. The highest BCUT2D eigenvalue weighted by Crippen LogP contribution is 2.36. The molecular weight excluding hydrogens is 448 g/mol. The number of rotatable bonds is 8. The predicted molar refractivity (Wildman–Crippen MR) is 133 cm³/mol. The number of Topliss-reactive ketones (excluding diaryl/α,β-unsaturated/α-hetero) is 1. The molecule has 0 spiro atoms. The molecule has 0 saturated carbocycles. The summed E-state index contributed by atoms with van der Waals surface area (Å²) in [6.45, 7) is 1.50. The lowest BCUT2D eigenvalue weighted by Gasteiger charge is -2.17. The van der Waals surface area contributed by atoms with Crippen molar-refractivity contribution in [1.29, 1.82) is 0 Å². The van der Waals surface area contributed by atoms with Gasteiger partial charge in [0.15, 0.2) is 16.8 Å². The predicted octanol–water partition coefficient (Wildman–Crippen LogP) is 5.17. The lowest BCUT2D eigenvalue weighted by Crippen LogP contribution is -2.19. The van der Waals surface area contributed by atoms with E-state index in [2.05, 4.69) is 15.5 Å². The zero-order chi connectivity index (χ0) is 24.1. The van der Waals surface area contributed by atoms with Crippen LogP contribution >= 0.6 is 11.8 Å². The zero-order valence-corrected chi connectivity index (χ0v) is 19.9. The van der Waals surface area contributed by atoms with Crippen LogP contribution in [0.15, 0.2) is 84.0 Å². The number of nitrogens with zero attached hydrogens (tertiary/aromatic N) is 3. The Bertz CT molecular complexity index is 1320. The minimum Gasteiger partial charge on any atom is -0.497 e. The molecule has 1 aromatic heterocycles. The van der Waals surface area contributed by atoms with Crippen LogP contribution in [0.3, 0.4) is 0 Å². The van der Waals surface area contributed by atoms with Crippen molar-refractivity contribution >= 4 is 29.1 Å². The Morgan fingerprint density at radius 2 is 1.74 bits per heavy atom. The van der Waals surface area contributed by atoms with Crippen LogP contribution in [-0.4, -0.2) is 33.6 Å². The van der Waals surface area contributed by atoms with Gasteiger partial charge in [-0.2, -0.15) is 0 Å². The van der Waals surface area contributed by atoms with Crippen molar-refractivity contribution in [3.63, 3.8) is 0 Å². The third-order valence-corrected chi connectivity index (χ3v) is 6.55. The zero-order valence-electron chi connectivity index (χ0n) is 19.1. The number of ether oxygens (including phenoxy) is 1. The molecule has 0 radical (unpaired) electrons. The van der Waals surface area contributed by atoms with Crippen LogP contribution < -0.4 is 10.1 Å². The van der Waals surface area contributed by atoms with Gasteiger partial charge >= 0.3 is 0 Å². The molecule has 1 heterocycles. The second-order valence-corrected chi connectivity index (χ2v) is 8.70. The van der Waals surface area contributed by atoms with Gasteiger partial charge in [-0.3, -0.25) is 9.59 Å². The minimum atomic E-state index is -0.580. The number of anilines is 1. The van der Waals surface area contributed by atoms with Gasteiger partial charge in [0.1, 0.15) is 11.0 Å². The maximum atomic E-state index is 13.4. The number of carbonyl (C=O) groups excluding carboxylic acids is 2. The smallest absolute Gasteiger partial charge is 0.242 e. The van der Waals surface area contributed by atoms with Crippen LogP contribution in [0.5, 0.6) is 5.75 Å². The number of ketones is 1. The van der Waals surface area contributed by atoms with Crippen molar-refractivity contribution in [3.05, 3.63) is 90.0 Å². The molecule has 0 aliphatic carbocycles. The molecule has 1 atom stereocenters. The molecular formula is C26H24N4O3S. The molecule has 4 aromatic rings. The Morgan fingerprint density at radius 3 is 2.47 bits per heavy atom. The highest BCUT2D eigenvalue weighted by atomic mass is 32.2. The number of amides is 1. The molecule has 0 saturated heterocycles. The molecule has 34 heavy (non-hydrogen) atoms. The molecule has 3 aromatic carbocycles. The molecule has 1 N–H and O–H groups in total. The van der Waals surface area contributed by atoms with Crippen LogP contribution in [0.4, 0.5) is 5.69 Å². The molecule has 0 bridgehead atoms. The SMILES string of the molecule is COc1cccc(-c2nnc(SC(C(=O)Nc3cccc(C(C)=O)c3)c3ccccc3)n2C)c1. The summed E-state index contributed by atoms with van der Waals surface area (Å²) in [7, 11) is 3.49. The Labute approximate surface area is 202 Å². The maximum Gasteiger partial charge on any atom is 0.242 e. The van der Waals surface area contributed by atoms with Crippen molar-refractivity contribution < 1.29 is 14.3 Å². The van der Waals surface area contributed by atoms with Crippen LogP contribution in [0.25, 0.3) is 11.4 Å². The van der Waals surface area contributed by atoms with Crippen molar-refractivity contribution in [1.82, 2.24) is 14.8 Å². The Kier molecular flexibility index (Phi) is 7.08. The third kappa shape index (κ3) is 5.18. The molecule has 0 aliphatic heterocycles. The van der Waals surface area contributed by atoms with Gasteiger partial charge in [0.2, 0.25) is 5.91 Å². The number of nitrogens with one attached hydrogen (secondary N) is 1. The normalized spacial score (nSPS) is 11.6. The summed E-state index contributed by atoms with van der Waals surface area (Å²) in [4.78, 5) is 25.1. The fourth-order valence-electron chi connectivity index (χ4n) is 3.46. The van der Waals surface area contributed by atoms with E-state index in [-0.39, 0.29) is 11.7 Å². The Hall–Kier alpha value is -3.91. The van der Waals surface area contributed by atoms with E-state index in [0.29, 0.717) is 22.2 Å². The number of carbonyl (C=O) groups is 2. The van der Waals surface area contributed by atoms with E-state index in [1.165, 1.54) is 18.7 Å². The number of hydrogen-bond donors (Lipinski definition) is 1. The first-order valence-corrected chi connectivity index (χ1v) is 11.5. The summed E-state index contributed by atoms with van der Waals surface area (Å²) in [6.07, 6.45) is 0. The summed E-state index contributed by atoms with van der Waals surface area (Å²) < 4.78 is 7.18. The summed E-state index contributed by atoms with van der Waals surface area (Å²) in [6, 6.07) is 24.0. The first-order valence-electron chi connectivity index (χ1n) is 10.6. The number of benzene rings is 3. The molecule has 7 nitrogen and oxygen atoms in total. The number of hydrogen-bond acceptors (Lipinski definition) is 6.